The average molecular weight is 240 g/mol. The van der Waals surface area contributed by atoms with E-state index in [1.807, 2.05) is 6.92 Å². The summed E-state index contributed by atoms with van der Waals surface area (Å²) in [7, 11) is 0. The first-order valence-corrected chi connectivity index (χ1v) is 5.68. The molecule has 1 aromatic rings. The molecule has 0 aromatic heterocycles. The molecule has 1 N–H and O–H groups in total. The Morgan fingerprint density at radius 2 is 1.82 bits per heavy atom. The molecule has 4 heteroatoms. The van der Waals surface area contributed by atoms with E-state index in [-0.39, 0.29) is 11.2 Å². The molecule has 1 saturated heterocycles. The highest BCUT2D eigenvalue weighted by Gasteiger charge is 2.37. The molecule has 3 nitrogen and oxygen atoms in total. The molecule has 1 heterocycles. The highest BCUT2D eigenvalue weighted by molar-refractivity contribution is 5.17. The quantitative estimate of drug-likeness (QED) is 0.861. The second kappa shape index (κ2) is 4.72. The SMILES string of the molecule is CC(O)C1(C)COC(c2ccc(F)cc2)OC1. The minimum absolute atomic E-state index is 0.279. The van der Waals surface area contributed by atoms with Crippen molar-refractivity contribution in [1.29, 1.82) is 0 Å². The number of ether oxygens (including phenoxy) is 2. The van der Waals surface area contributed by atoms with Crippen molar-refractivity contribution in [2.45, 2.75) is 26.2 Å². The number of hydrogen-bond donors (Lipinski definition) is 1. The first-order valence-electron chi connectivity index (χ1n) is 5.68. The number of aliphatic hydroxyl groups is 1. The molecule has 1 aliphatic heterocycles. The Balaban J connectivity index is 2.02. The van der Waals surface area contributed by atoms with Crippen molar-refractivity contribution in [2.24, 2.45) is 5.41 Å². The van der Waals surface area contributed by atoms with E-state index in [0.29, 0.717) is 13.2 Å². The molecule has 1 unspecified atom stereocenters. The summed E-state index contributed by atoms with van der Waals surface area (Å²) >= 11 is 0. The van der Waals surface area contributed by atoms with E-state index in [9.17, 15) is 9.50 Å². The van der Waals surface area contributed by atoms with Crippen molar-refractivity contribution >= 4 is 0 Å². The Morgan fingerprint density at radius 3 is 2.29 bits per heavy atom. The standard InChI is InChI=1S/C13H17FO3/c1-9(15)13(2)7-16-12(17-8-13)10-3-5-11(14)6-4-10/h3-6,9,12,15H,7-8H2,1-2H3. The molecule has 0 amide bonds. The van der Waals surface area contributed by atoms with Crippen molar-refractivity contribution < 1.29 is 19.0 Å². The molecule has 1 atom stereocenters. The lowest BCUT2D eigenvalue weighted by atomic mass is 9.86. The van der Waals surface area contributed by atoms with Crippen LogP contribution in [0, 0.1) is 11.2 Å². The molecule has 0 radical (unpaired) electrons. The Bertz CT molecular complexity index is 367. The van der Waals surface area contributed by atoms with Gasteiger partial charge in [-0.25, -0.2) is 4.39 Å². The maximum absolute atomic E-state index is 12.8. The molecule has 0 spiro atoms. The second-order valence-corrected chi connectivity index (χ2v) is 4.84. The van der Waals surface area contributed by atoms with E-state index in [4.69, 9.17) is 9.47 Å². The number of aliphatic hydroxyl groups excluding tert-OH is 1. The Labute approximate surface area is 100 Å². The Kier molecular flexibility index (Phi) is 3.47. The number of benzene rings is 1. The molecule has 0 aliphatic carbocycles. The fourth-order valence-electron chi connectivity index (χ4n) is 1.68. The molecule has 0 saturated carbocycles. The van der Waals surface area contributed by atoms with Gasteiger partial charge >= 0.3 is 0 Å². The maximum Gasteiger partial charge on any atom is 0.183 e. The van der Waals surface area contributed by atoms with Gasteiger partial charge in [-0.05, 0) is 19.1 Å². The van der Waals surface area contributed by atoms with Crippen molar-refractivity contribution in [3.63, 3.8) is 0 Å². The third-order valence-electron chi connectivity index (χ3n) is 3.28. The first-order chi connectivity index (χ1) is 8.01. The van der Waals surface area contributed by atoms with Crippen LogP contribution in [0.3, 0.4) is 0 Å². The number of halogens is 1. The lowest BCUT2D eigenvalue weighted by molar-refractivity contribution is -0.247. The smallest absolute Gasteiger partial charge is 0.183 e. The summed E-state index contributed by atoms with van der Waals surface area (Å²) in [6.07, 6.45) is -0.959. The van der Waals surface area contributed by atoms with Crippen molar-refractivity contribution in [1.82, 2.24) is 0 Å². The lowest BCUT2D eigenvalue weighted by Crippen LogP contribution is -2.43. The molecule has 17 heavy (non-hydrogen) atoms. The maximum atomic E-state index is 12.8. The normalized spacial score (nSPS) is 31.2. The van der Waals surface area contributed by atoms with Crippen molar-refractivity contribution in [3.05, 3.63) is 35.6 Å². The molecule has 1 aromatic carbocycles. The van der Waals surface area contributed by atoms with Crippen LogP contribution in [0.15, 0.2) is 24.3 Å². The minimum Gasteiger partial charge on any atom is -0.393 e. The molecule has 94 valence electrons. The number of rotatable bonds is 2. The summed E-state index contributed by atoms with van der Waals surface area (Å²) in [6.45, 7) is 4.49. The highest BCUT2D eigenvalue weighted by atomic mass is 19.1. The zero-order valence-corrected chi connectivity index (χ0v) is 10.0. The van der Waals surface area contributed by atoms with Gasteiger partial charge in [-0.1, -0.05) is 19.1 Å². The van der Waals surface area contributed by atoms with E-state index < -0.39 is 12.4 Å². The topological polar surface area (TPSA) is 38.7 Å². The van der Waals surface area contributed by atoms with Crippen LogP contribution < -0.4 is 0 Å². The van der Waals surface area contributed by atoms with Gasteiger partial charge in [0, 0.05) is 11.0 Å². The minimum atomic E-state index is -0.489. The van der Waals surface area contributed by atoms with Crippen LogP contribution in [-0.4, -0.2) is 24.4 Å². The lowest BCUT2D eigenvalue weighted by Gasteiger charge is -2.39. The van der Waals surface area contributed by atoms with Crippen molar-refractivity contribution in [3.8, 4) is 0 Å². The molecule has 1 fully saturated rings. The molecular weight excluding hydrogens is 223 g/mol. The third kappa shape index (κ3) is 2.65. The summed E-state index contributed by atoms with van der Waals surface area (Å²) < 4.78 is 23.9. The molecule has 1 aliphatic rings. The molecular formula is C13H17FO3. The van der Waals surface area contributed by atoms with Gasteiger partial charge in [0.05, 0.1) is 19.3 Å². The van der Waals surface area contributed by atoms with Gasteiger partial charge < -0.3 is 14.6 Å². The third-order valence-corrected chi connectivity index (χ3v) is 3.28. The van der Waals surface area contributed by atoms with Gasteiger partial charge in [0.25, 0.3) is 0 Å². The van der Waals surface area contributed by atoms with Crippen LogP contribution >= 0.6 is 0 Å². The van der Waals surface area contributed by atoms with Gasteiger partial charge in [0.15, 0.2) is 6.29 Å². The molecule has 2 rings (SSSR count). The second-order valence-electron chi connectivity index (χ2n) is 4.84. The summed E-state index contributed by atoms with van der Waals surface area (Å²) in [5.74, 6) is -0.279. The summed E-state index contributed by atoms with van der Waals surface area (Å²) in [6, 6.07) is 6.05. The largest absolute Gasteiger partial charge is 0.393 e. The van der Waals surface area contributed by atoms with E-state index in [1.54, 1.807) is 19.1 Å². The van der Waals surface area contributed by atoms with Crippen LogP contribution in [0.5, 0.6) is 0 Å². The summed E-state index contributed by atoms with van der Waals surface area (Å²) in [5.41, 5.74) is 0.412. The summed E-state index contributed by atoms with van der Waals surface area (Å²) in [4.78, 5) is 0. The van der Waals surface area contributed by atoms with E-state index in [1.165, 1.54) is 12.1 Å². The van der Waals surface area contributed by atoms with Gasteiger partial charge in [0.2, 0.25) is 0 Å². The van der Waals surface area contributed by atoms with Crippen LogP contribution in [0.4, 0.5) is 4.39 Å². The highest BCUT2D eigenvalue weighted by Crippen LogP contribution is 2.33. The van der Waals surface area contributed by atoms with Gasteiger partial charge in [-0.15, -0.1) is 0 Å². The first kappa shape index (κ1) is 12.5. The Morgan fingerprint density at radius 1 is 1.29 bits per heavy atom. The predicted molar refractivity (Wildman–Crippen MR) is 60.8 cm³/mol. The average Bonchev–Trinajstić information content (AvgIpc) is 2.31. The van der Waals surface area contributed by atoms with E-state index in [0.717, 1.165) is 5.56 Å². The summed E-state index contributed by atoms with van der Waals surface area (Å²) in [5, 5.41) is 9.62. The van der Waals surface area contributed by atoms with Crippen LogP contribution in [0.1, 0.15) is 25.7 Å². The fourth-order valence-corrected chi connectivity index (χ4v) is 1.68. The van der Waals surface area contributed by atoms with Gasteiger partial charge in [-0.3, -0.25) is 0 Å². The van der Waals surface area contributed by atoms with Gasteiger partial charge in [-0.2, -0.15) is 0 Å². The van der Waals surface area contributed by atoms with E-state index in [2.05, 4.69) is 0 Å². The number of hydrogen-bond acceptors (Lipinski definition) is 3. The fraction of sp³-hybridized carbons (Fsp3) is 0.538. The van der Waals surface area contributed by atoms with Crippen LogP contribution in [-0.2, 0) is 9.47 Å². The Hall–Kier alpha value is -0.970. The molecule has 0 bridgehead atoms. The van der Waals surface area contributed by atoms with Gasteiger partial charge in [0.1, 0.15) is 5.82 Å². The van der Waals surface area contributed by atoms with Crippen molar-refractivity contribution in [2.75, 3.05) is 13.2 Å². The predicted octanol–water partition coefficient (Wildman–Crippen LogP) is 2.26. The van der Waals surface area contributed by atoms with Crippen LogP contribution in [0.2, 0.25) is 0 Å². The zero-order chi connectivity index (χ0) is 12.5. The zero-order valence-electron chi connectivity index (χ0n) is 10.0. The van der Waals surface area contributed by atoms with E-state index >= 15 is 0 Å². The van der Waals surface area contributed by atoms with Crippen LogP contribution in [0.25, 0.3) is 0 Å². The monoisotopic (exact) mass is 240 g/mol.